The zero-order chi connectivity index (χ0) is 23.3. The molecule has 172 valence electrons. The van der Waals surface area contributed by atoms with Gasteiger partial charge in [0, 0.05) is 11.8 Å². The quantitative estimate of drug-likeness (QED) is 0.489. The molecular formula is C26H33NO5. The Morgan fingerprint density at radius 1 is 1.06 bits per heavy atom. The fourth-order valence-corrected chi connectivity index (χ4v) is 3.87. The molecule has 0 aromatic heterocycles. The molecule has 0 heterocycles. The predicted octanol–water partition coefficient (Wildman–Crippen LogP) is 4.89. The lowest BCUT2D eigenvalue weighted by Gasteiger charge is -2.27. The van der Waals surface area contributed by atoms with Crippen LogP contribution in [0.5, 0.6) is 11.5 Å². The van der Waals surface area contributed by atoms with Gasteiger partial charge in [-0.1, -0.05) is 12.1 Å². The summed E-state index contributed by atoms with van der Waals surface area (Å²) in [6.45, 7) is 7.81. The maximum absolute atomic E-state index is 12.2. The van der Waals surface area contributed by atoms with E-state index in [4.69, 9.17) is 14.2 Å². The van der Waals surface area contributed by atoms with Crippen LogP contribution in [0.1, 0.15) is 56.7 Å². The number of hydrogen-bond donors (Lipinski definition) is 1. The Hall–Kier alpha value is -3.02. The number of rotatable bonds is 7. The van der Waals surface area contributed by atoms with Gasteiger partial charge in [0.2, 0.25) is 0 Å². The smallest absolute Gasteiger partial charge is 0.325 e. The van der Waals surface area contributed by atoms with E-state index in [-0.39, 0.29) is 18.5 Å². The van der Waals surface area contributed by atoms with Crippen LogP contribution in [0.2, 0.25) is 0 Å². The number of carbonyl (C=O) groups is 2. The molecule has 1 aliphatic rings. The maximum atomic E-state index is 12.2. The molecule has 1 N–H and O–H groups in total. The van der Waals surface area contributed by atoms with Crippen molar-refractivity contribution in [3.8, 4) is 11.5 Å². The first-order valence-electron chi connectivity index (χ1n) is 11.1. The molecule has 2 aromatic rings. The van der Waals surface area contributed by atoms with Crippen LogP contribution in [0.25, 0.3) is 0 Å². The lowest BCUT2D eigenvalue weighted by Crippen LogP contribution is -2.25. The average molecular weight is 440 g/mol. The zero-order valence-electron chi connectivity index (χ0n) is 19.6. The second-order valence-electron chi connectivity index (χ2n) is 9.12. The summed E-state index contributed by atoms with van der Waals surface area (Å²) in [5, 5.41) is 3.23. The summed E-state index contributed by atoms with van der Waals surface area (Å²) in [5.74, 6) is 1.13. The fraction of sp³-hybridized carbons (Fsp3) is 0.462. The predicted molar refractivity (Wildman–Crippen MR) is 124 cm³/mol. The molecule has 6 nitrogen and oxygen atoms in total. The van der Waals surface area contributed by atoms with Crippen molar-refractivity contribution in [3.05, 3.63) is 53.1 Å². The van der Waals surface area contributed by atoms with Crippen molar-refractivity contribution in [2.75, 3.05) is 25.6 Å². The SMILES string of the molecule is CCOC(=O)CNc1cc(OC)ccc1[C@H]1CCc2cc(OC(=O)C(C)(C)C)ccc2C1. The van der Waals surface area contributed by atoms with E-state index >= 15 is 0 Å². The van der Waals surface area contributed by atoms with Gasteiger partial charge in [-0.15, -0.1) is 0 Å². The van der Waals surface area contributed by atoms with Crippen molar-refractivity contribution in [1.82, 2.24) is 0 Å². The molecule has 0 radical (unpaired) electrons. The van der Waals surface area contributed by atoms with E-state index in [9.17, 15) is 9.59 Å². The van der Waals surface area contributed by atoms with E-state index in [1.165, 1.54) is 11.1 Å². The van der Waals surface area contributed by atoms with Crippen molar-refractivity contribution in [3.63, 3.8) is 0 Å². The van der Waals surface area contributed by atoms with E-state index in [1.54, 1.807) is 14.0 Å². The van der Waals surface area contributed by atoms with Crippen LogP contribution in [0.4, 0.5) is 5.69 Å². The second kappa shape index (κ2) is 10.1. The first-order chi connectivity index (χ1) is 15.2. The first-order valence-corrected chi connectivity index (χ1v) is 11.1. The molecule has 32 heavy (non-hydrogen) atoms. The van der Waals surface area contributed by atoms with Gasteiger partial charge >= 0.3 is 11.9 Å². The van der Waals surface area contributed by atoms with Crippen molar-refractivity contribution >= 4 is 17.6 Å². The summed E-state index contributed by atoms with van der Waals surface area (Å²) < 4.78 is 16.0. The highest BCUT2D eigenvalue weighted by Gasteiger charge is 2.26. The highest BCUT2D eigenvalue weighted by molar-refractivity contribution is 5.78. The summed E-state index contributed by atoms with van der Waals surface area (Å²) in [5.41, 5.74) is 3.98. The fourth-order valence-electron chi connectivity index (χ4n) is 3.87. The number of hydrogen-bond acceptors (Lipinski definition) is 6. The molecule has 1 aliphatic carbocycles. The molecule has 0 fully saturated rings. The minimum absolute atomic E-state index is 0.111. The monoisotopic (exact) mass is 439 g/mol. The van der Waals surface area contributed by atoms with Gasteiger partial charge in [-0.2, -0.15) is 0 Å². The van der Waals surface area contributed by atoms with Crippen molar-refractivity contribution < 1.29 is 23.8 Å². The molecule has 1 atom stereocenters. The van der Waals surface area contributed by atoms with Crippen LogP contribution in [-0.2, 0) is 27.2 Å². The Bertz CT molecular complexity index is 977. The van der Waals surface area contributed by atoms with Crippen LogP contribution < -0.4 is 14.8 Å². The summed E-state index contributed by atoms with van der Waals surface area (Å²) in [6.07, 6.45) is 2.73. The van der Waals surface area contributed by atoms with Crippen LogP contribution in [-0.4, -0.2) is 32.2 Å². The molecule has 0 bridgehead atoms. The van der Waals surface area contributed by atoms with E-state index < -0.39 is 5.41 Å². The number of ether oxygens (including phenoxy) is 3. The highest BCUT2D eigenvalue weighted by atomic mass is 16.5. The number of carbonyl (C=O) groups excluding carboxylic acids is 2. The van der Waals surface area contributed by atoms with Gasteiger partial charge in [0.05, 0.1) is 19.1 Å². The van der Waals surface area contributed by atoms with Gasteiger partial charge in [0.25, 0.3) is 0 Å². The lowest BCUT2D eigenvalue weighted by molar-refractivity contribution is -0.143. The van der Waals surface area contributed by atoms with Gasteiger partial charge in [-0.3, -0.25) is 9.59 Å². The largest absolute Gasteiger partial charge is 0.497 e. The number of fused-ring (bicyclic) bond motifs is 1. The molecule has 0 saturated heterocycles. The lowest BCUT2D eigenvalue weighted by atomic mass is 9.79. The van der Waals surface area contributed by atoms with E-state index in [2.05, 4.69) is 17.4 Å². The molecule has 0 saturated carbocycles. The Kier molecular flexibility index (Phi) is 7.44. The van der Waals surface area contributed by atoms with Crippen LogP contribution in [0, 0.1) is 5.41 Å². The standard InChI is InChI=1S/C26H33NO5/c1-6-31-24(28)16-27-23-15-20(30-5)11-12-22(23)19-8-7-18-14-21(10-9-17(18)13-19)32-25(29)26(2,3)4/h9-12,14-15,19,27H,6-8,13,16H2,1-5H3/t19-/m0/s1. The van der Waals surface area contributed by atoms with Gasteiger partial charge in [0.15, 0.2) is 0 Å². The molecular weight excluding hydrogens is 406 g/mol. The van der Waals surface area contributed by atoms with Gasteiger partial charge in [-0.05, 0) is 87.8 Å². The summed E-state index contributed by atoms with van der Waals surface area (Å²) in [6, 6.07) is 11.9. The highest BCUT2D eigenvalue weighted by Crippen LogP contribution is 2.38. The van der Waals surface area contributed by atoms with Crippen molar-refractivity contribution in [1.29, 1.82) is 0 Å². The van der Waals surface area contributed by atoms with Crippen LogP contribution in [0.15, 0.2) is 36.4 Å². The Balaban J connectivity index is 1.77. The third-order valence-corrected chi connectivity index (χ3v) is 5.66. The third kappa shape index (κ3) is 5.81. The minimum atomic E-state index is -0.539. The normalized spacial score (nSPS) is 15.5. The number of anilines is 1. The molecule has 0 amide bonds. The Labute approximate surface area is 190 Å². The maximum Gasteiger partial charge on any atom is 0.325 e. The molecule has 3 rings (SSSR count). The molecule has 0 unspecified atom stereocenters. The van der Waals surface area contributed by atoms with Gasteiger partial charge in [-0.25, -0.2) is 0 Å². The third-order valence-electron chi connectivity index (χ3n) is 5.66. The van der Waals surface area contributed by atoms with Gasteiger partial charge in [0.1, 0.15) is 18.0 Å². The van der Waals surface area contributed by atoms with Crippen LogP contribution in [0.3, 0.4) is 0 Å². The summed E-state index contributed by atoms with van der Waals surface area (Å²) in [4.78, 5) is 24.0. The molecule has 0 aliphatic heterocycles. The molecule has 0 spiro atoms. The van der Waals surface area contributed by atoms with E-state index in [0.29, 0.717) is 18.3 Å². The summed E-state index contributed by atoms with van der Waals surface area (Å²) >= 11 is 0. The number of aryl methyl sites for hydroxylation is 1. The Morgan fingerprint density at radius 3 is 2.50 bits per heavy atom. The number of methoxy groups -OCH3 is 1. The van der Waals surface area contributed by atoms with Crippen LogP contribution >= 0.6 is 0 Å². The Morgan fingerprint density at radius 2 is 1.81 bits per heavy atom. The number of benzene rings is 2. The number of esters is 2. The number of nitrogens with one attached hydrogen (secondary N) is 1. The van der Waals surface area contributed by atoms with Crippen molar-refractivity contribution in [2.24, 2.45) is 5.41 Å². The second-order valence-corrected chi connectivity index (χ2v) is 9.12. The van der Waals surface area contributed by atoms with Crippen molar-refractivity contribution in [2.45, 2.75) is 52.9 Å². The summed E-state index contributed by atoms with van der Waals surface area (Å²) in [7, 11) is 1.63. The van der Waals surface area contributed by atoms with E-state index in [0.717, 1.165) is 36.3 Å². The minimum Gasteiger partial charge on any atom is -0.497 e. The topological polar surface area (TPSA) is 73.9 Å². The van der Waals surface area contributed by atoms with E-state index in [1.807, 2.05) is 45.0 Å². The molecule has 6 heteroatoms. The first kappa shape index (κ1) is 23.6. The molecule has 2 aromatic carbocycles. The van der Waals surface area contributed by atoms with Gasteiger partial charge < -0.3 is 19.5 Å². The zero-order valence-corrected chi connectivity index (χ0v) is 19.6. The average Bonchev–Trinajstić information content (AvgIpc) is 2.76.